The number of ether oxygens (including phenoxy) is 1. The second kappa shape index (κ2) is 8.23. The molecule has 0 bridgehead atoms. The number of halogens is 1. The number of nitrogens with zero attached hydrogens (tertiary/aromatic N) is 4. The first-order valence-electron chi connectivity index (χ1n) is 10.4. The summed E-state index contributed by atoms with van der Waals surface area (Å²) in [7, 11) is 1.68. The van der Waals surface area contributed by atoms with Gasteiger partial charge >= 0.3 is 0 Å². The fourth-order valence-corrected chi connectivity index (χ4v) is 4.22. The van der Waals surface area contributed by atoms with Gasteiger partial charge in [-0.15, -0.1) is 10.2 Å². The van der Waals surface area contributed by atoms with Gasteiger partial charge in [-0.1, -0.05) is 49.9 Å². The smallest absolute Gasteiger partial charge is 0.165 e. The molecule has 6 heteroatoms. The van der Waals surface area contributed by atoms with Crippen LogP contribution in [0.3, 0.4) is 0 Å². The number of hydrogen-bond donors (Lipinski definition) is 0. The Hall–Kier alpha value is -2.66. The summed E-state index contributed by atoms with van der Waals surface area (Å²) in [5.74, 6) is 2.52. The van der Waals surface area contributed by atoms with Crippen LogP contribution in [0.4, 0.5) is 0 Å². The van der Waals surface area contributed by atoms with E-state index in [-0.39, 0.29) is 0 Å². The molecule has 156 valence electrons. The zero-order valence-electron chi connectivity index (χ0n) is 17.9. The predicted octanol–water partition coefficient (Wildman–Crippen LogP) is 5.88. The highest BCUT2D eigenvalue weighted by Crippen LogP contribution is 2.39. The fourth-order valence-electron chi connectivity index (χ4n) is 4.10. The summed E-state index contributed by atoms with van der Waals surface area (Å²) in [6.45, 7) is 6.37. The van der Waals surface area contributed by atoms with E-state index in [1.54, 1.807) is 7.11 Å². The SMILES string of the molecule is CCCCCC1(C)N=C(c2ccc(Cl)cc2)c2cc(OC)ccc2-n2c(C)nnc21. The van der Waals surface area contributed by atoms with Gasteiger partial charge in [0.15, 0.2) is 5.82 Å². The molecule has 0 amide bonds. The zero-order chi connectivity index (χ0) is 21.3. The van der Waals surface area contributed by atoms with Gasteiger partial charge in [-0.05, 0) is 50.6 Å². The Balaban J connectivity index is 1.99. The number of aryl methyl sites for hydroxylation is 1. The van der Waals surface area contributed by atoms with Crippen LogP contribution in [0.1, 0.15) is 62.3 Å². The molecule has 0 aliphatic carbocycles. The van der Waals surface area contributed by atoms with Gasteiger partial charge in [-0.2, -0.15) is 0 Å². The van der Waals surface area contributed by atoms with Gasteiger partial charge in [0.25, 0.3) is 0 Å². The van der Waals surface area contributed by atoms with Gasteiger partial charge < -0.3 is 4.74 Å². The van der Waals surface area contributed by atoms with Crippen molar-refractivity contribution in [3.8, 4) is 11.4 Å². The van der Waals surface area contributed by atoms with Gasteiger partial charge in [0.05, 0.1) is 18.5 Å². The molecule has 2 heterocycles. The first-order chi connectivity index (χ1) is 14.5. The molecular formula is C24H27ClN4O. The van der Waals surface area contributed by atoms with E-state index in [9.17, 15) is 0 Å². The average Bonchev–Trinajstić information content (AvgIpc) is 3.10. The summed E-state index contributed by atoms with van der Waals surface area (Å²) in [6.07, 6.45) is 4.30. The standard InChI is InChI=1S/C24H27ClN4O/c1-5-6-7-14-24(3)23-28-27-16(2)29(23)21-13-12-19(30-4)15-20(21)22(26-24)17-8-10-18(25)11-9-17/h8-13,15H,5-7,14H2,1-4H3. The summed E-state index contributed by atoms with van der Waals surface area (Å²) >= 11 is 6.17. The minimum absolute atomic E-state index is 0.488. The van der Waals surface area contributed by atoms with Crippen molar-refractivity contribution in [1.29, 1.82) is 0 Å². The number of fused-ring (bicyclic) bond motifs is 3. The molecule has 1 aromatic heterocycles. The molecule has 1 atom stereocenters. The molecule has 0 saturated carbocycles. The molecule has 5 nitrogen and oxygen atoms in total. The lowest BCUT2D eigenvalue weighted by Crippen LogP contribution is -2.24. The van der Waals surface area contributed by atoms with Crippen molar-refractivity contribution in [3.63, 3.8) is 0 Å². The van der Waals surface area contributed by atoms with E-state index in [4.69, 9.17) is 21.3 Å². The second-order valence-electron chi connectivity index (χ2n) is 7.99. The van der Waals surface area contributed by atoms with E-state index in [1.807, 2.05) is 43.3 Å². The van der Waals surface area contributed by atoms with Gasteiger partial charge in [0.2, 0.25) is 0 Å². The number of benzene rings is 2. The van der Waals surface area contributed by atoms with E-state index in [0.29, 0.717) is 5.02 Å². The van der Waals surface area contributed by atoms with Crippen molar-refractivity contribution in [1.82, 2.24) is 14.8 Å². The quantitative estimate of drug-likeness (QED) is 0.466. The molecule has 1 aliphatic rings. The van der Waals surface area contributed by atoms with Crippen molar-refractivity contribution in [2.24, 2.45) is 4.99 Å². The van der Waals surface area contributed by atoms with Gasteiger partial charge in [-0.3, -0.25) is 9.56 Å². The van der Waals surface area contributed by atoms with Crippen LogP contribution in [0.15, 0.2) is 47.5 Å². The van der Waals surface area contributed by atoms with Crippen LogP contribution in [-0.2, 0) is 5.54 Å². The number of aromatic nitrogens is 3. The highest BCUT2D eigenvalue weighted by atomic mass is 35.5. The van der Waals surface area contributed by atoms with Crippen molar-refractivity contribution >= 4 is 17.3 Å². The van der Waals surface area contributed by atoms with Crippen LogP contribution in [0.5, 0.6) is 5.75 Å². The lowest BCUT2D eigenvalue weighted by atomic mass is 9.93. The predicted molar refractivity (Wildman–Crippen MR) is 121 cm³/mol. The number of rotatable bonds is 6. The van der Waals surface area contributed by atoms with E-state index in [0.717, 1.165) is 65.6 Å². The molecule has 0 saturated heterocycles. The van der Waals surface area contributed by atoms with E-state index < -0.39 is 5.54 Å². The van der Waals surface area contributed by atoms with Crippen molar-refractivity contribution in [2.75, 3.05) is 7.11 Å². The van der Waals surface area contributed by atoms with E-state index >= 15 is 0 Å². The van der Waals surface area contributed by atoms with Crippen molar-refractivity contribution < 1.29 is 4.74 Å². The monoisotopic (exact) mass is 422 g/mol. The third-order valence-corrected chi connectivity index (χ3v) is 6.00. The Labute approximate surface area is 182 Å². The minimum atomic E-state index is -0.488. The molecule has 4 rings (SSSR count). The normalized spacial score (nSPS) is 17.7. The van der Waals surface area contributed by atoms with Crippen molar-refractivity contribution in [2.45, 2.75) is 52.0 Å². The van der Waals surface area contributed by atoms with Gasteiger partial charge in [-0.25, -0.2) is 0 Å². The number of aliphatic imine (C=N–C) groups is 1. The first kappa shape index (κ1) is 20.6. The molecule has 0 spiro atoms. The average molecular weight is 423 g/mol. The second-order valence-corrected chi connectivity index (χ2v) is 8.42. The van der Waals surface area contributed by atoms with Crippen LogP contribution >= 0.6 is 11.6 Å². The van der Waals surface area contributed by atoms with Gasteiger partial charge in [0, 0.05) is 16.1 Å². The fraction of sp³-hybridized carbons (Fsp3) is 0.375. The maximum Gasteiger partial charge on any atom is 0.165 e. The van der Waals surface area contributed by atoms with Gasteiger partial charge in [0.1, 0.15) is 17.1 Å². The minimum Gasteiger partial charge on any atom is -0.497 e. The lowest BCUT2D eigenvalue weighted by Gasteiger charge is -2.24. The molecule has 0 fully saturated rings. The molecule has 3 aromatic rings. The van der Waals surface area contributed by atoms with Crippen molar-refractivity contribution in [3.05, 3.63) is 70.3 Å². The zero-order valence-corrected chi connectivity index (χ0v) is 18.7. The Kier molecular flexibility index (Phi) is 5.65. The molecule has 0 N–H and O–H groups in total. The van der Waals surface area contributed by atoms with Crippen LogP contribution in [0, 0.1) is 6.92 Å². The van der Waals surface area contributed by atoms with E-state index in [2.05, 4.69) is 34.7 Å². The van der Waals surface area contributed by atoms with Crippen LogP contribution in [-0.4, -0.2) is 27.6 Å². The molecule has 30 heavy (non-hydrogen) atoms. The summed E-state index contributed by atoms with van der Waals surface area (Å²) in [5, 5.41) is 9.70. The molecule has 2 aromatic carbocycles. The molecular weight excluding hydrogens is 396 g/mol. The maximum atomic E-state index is 6.17. The Morgan fingerprint density at radius 1 is 1.07 bits per heavy atom. The van der Waals surface area contributed by atoms with Crippen LogP contribution in [0.25, 0.3) is 5.69 Å². The summed E-state index contributed by atoms with van der Waals surface area (Å²) in [4.78, 5) is 5.35. The summed E-state index contributed by atoms with van der Waals surface area (Å²) < 4.78 is 7.68. The summed E-state index contributed by atoms with van der Waals surface area (Å²) in [5.41, 5.74) is 3.47. The third-order valence-electron chi connectivity index (χ3n) is 5.75. The Morgan fingerprint density at radius 2 is 1.83 bits per heavy atom. The lowest BCUT2D eigenvalue weighted by molar-refractivity contribution is 0.402. The molecule has 0 radical (unpaired) electrons. The van der Waals surface area contributed by atoms with E-state index in [1.165, 1.54) is 0 Å². The number of hydrogen-bond acceptors (Lipinski definition) is 4. The Bertz CT molecular complexity index is 1090. The number of methoxy groups -OCH3 is 1. The van der Waals surface area contributed by atoms with Crippen LogP contribution < -0.4 is 4.74 Å². The largest absolute Gasteiger partial charge is 0.497 e. The van der Waals surface area contributed by atoms with Crippen LogP contribution in [0.2, 0.25) is 5.02 Å². The summed E-state index contributed by atoms with van der Waals surface area (Å²) in [6, 6.07) is 13.9. The highest BCUT2D eigenvalue weighted by Gasteiger charge is 2.37. The number of unbranched alkanes of at least 4 members (excludes halogenated alkanes) is 2. The molecule has 1 aliphatic heterocycles. The first-order valence-corrected chi connectivity index (χ1v) is 10.8. The highest BCUT2D eigenvalue weighted by molar-refractivity contribution is 6.30. The third kappa shape index (κ3) is 3.63. The Morgan fingerprint density at radius 3 is 2.53 bits per heavy atom. The topological polar surface area (TPSA) is 52.3 Å². The maximum absolute atomic E-state index is 6.17. The molecule has 1 unspecified atom stereocenters.